The summed E-state index contributed by atoms with van der Waals surface area (Å²) < 4.78 is 5.01. The summed E-state index contributed by atoms with van der Waals surface area (Å²) in [6.45, 7) is 6.81. The molecule has 0 radical (unpaired) electrons. The van der Waals surface area contributed by atoms with Crippen LogP contribution < -0.4 is 5.32 Å². The fourth-order valence-electron chi connectivity index (χ4n) is 2.25. The Kier molecular flexibility index (Phi) is 5.64. The van der Waals surface area contributed by atoms with E-state index in [1.807, 2.05) is 13.8 Å². The highest BCUT2D eigenvalue weighted by Crippen LogP contribution is 2.29. The molecule has 3 heteroatoms. The van der Waals surface area contributed by atoms with Crippen LogP contribution in [0.4, 0.5) is 4.79 Å². The number of amides is 1. The molecule has 1 saturated carbocycles. The lowest BCUT2D eigenvalue weighted by Crippen LogP contribution is -2.29. The highest BCUT2D eigenvalue weighted by Gasteiger charge is 2.17. The minimum Gasteiger partial charge on any atom is -0.447 e. The Morgan fingerprint density at radius 1 is 1.31 bits per heavy atom. The molecule has 0 aromatic carbocycles. The molecule has 0 unspecified atom stereocenters. The Morgan fingerprint density at radius 3 is 2.50 bits per heavy atom. The minimum atomic E-state index is -0.279. The second-order valence-corrected chi connectivity index (χ2v) is 5.30. The van der Waals surface area contributed by atoms with Crippen LogP contribution in [-0.2, 0) is 4.74 Å². The second-order valence-electron chi connectivity index (χ2n) is 5.30. The van der Waals surface area contributed by atoms with Gasteiger partial charge in [0.15, 0.2) is 0 Å². The Morgan fingerprint density at radius 2 is 1.94 bits per heavy atom. The number of hydrogen-bond donors (Lipinski definition) is 1. The topological polar surface area (TPSA) is 38.3 Å². The van der Waals surface area contributed by atoms with E-state index in [1.165, 1.54) is 25.7 Å². The lowest BCUT2D eigenvalue weighted by Gasteiger charge is -2.26. The molecule has 1 N–H and O–H groups in total. The number of carbonyl (C=O) groups is 1. The molecule has 0 saturated heterocycles. The maximum atomic E-state index is 11.2. The Hall–Kier alpha value is -0.730. The smallest absolute Gasteiger partial charge is 0.407 e. The van der Waals surface area contributed by atoms with Gasteiger partial charge in [-0.1, -0.05) is 32.6 Å². The third kappa shape index (κ3) is 5.38. The molecule has 1 fully saturated rings. The SMILES string of the molecule is CC1CCC(CCNC(=O)OC(C)C)CC1. The summed E-state index contributed by atoms with van der Waals surface area (Å²) in [6.07, 6.45) is 6.13. The highest BCUT2D eigenvalue weighted by molar-refractivity contribution is 5.67. The molecule has 3 nitrogen and oxygen atoms in total. The Bertz CT molecular complexity index is 208. The van der Waals surface area contributed by atoms with E-state index < -0.39 is 0 Å². The monoisotopic (exact) mass is 227 g/mol. The van der Waals surface area contributed by atoms with Crippen LogP contribution in [-0.4, -0.2) is 18.7 Å². The van der Waals surface area contributed by atoms with Crippen LogP contribution in [0.2, 0.25) is 0 Å². The van der Waals surface area contributed by atoms with Gasteiger partial charge in [-0.3, -0.25) is 0 Å². The van der Waals surface area contributed by atoms with E-state index in [1.54, 1.807) is 0 Å². The minimum absolute atomic E-state index is 0.0319. The van der Waals surface area contributed by atoms with E-state index in [0.29, 0.717) is 0 Å². The molecule has 0 bridgehead atoms. The maximum Gasteiger partial charge on any atom is 0.407 e. The van der Waals surface area contributed by atoms with Gasteiger partial charge >= 0.3 is 6.09 Å². The van der Waals surface area contributed by atoms with E-state index >= 15 is 0 Å². The van der Waals surface area contributed by atoms with Gasteiger partial charge in [0.05, 0.1) is 6.10 Å². The van der Waals surface area contributed by atoms with E-state index in [4.69, 9.17) is 4.74 Å². The largest absolute Gasteiger partial charge is 0.447 e. The number of rotatable bonds is 4. The molecule has 0 heterocycles. The summed E-state index contributed by atoms with van der Waals surface area (Å²) >= 11 is 0. The van der Waals surface area contributed by atoms with Crippen LogP contribution in [0.1, 0.15) is 52.9 Å². The van der Waals surface area contributed by atoms with Crippen LogP contribution in [0.5, 0.6) is 0 Å². The highest BCUT2D eigenvalue weighted by atomic mass is 16.6. The number of hydrogen-bond acceptors (Lipinski definition) is 2. The zero-order valence-corrected chi connectivity index (χ0v) is 10.8. The summed E-state index contributed by atoms with van der Waals surface area (Å²) in [5, 5.41) is 2.81. The molecule has 0 atom stereocenters. The first kappa shape index (κ1) is 13.3. The molecular weight excluding hydrogens is 202 g/mol. The van der Waals surface area contributed by atoms with Crippen LogP contribution >= 0.6 is 0 Å². The van der Waals surface area contributed by atoms with Crippen molar-refractivity contribution in [3.8, 4) is 0 Å². The van der Waals surface area contributed by atoms with Gasteiger partial charge in [0.2, 0.25) is 0 Å². The Balaban J connectivity index is 2.04. The number of alkyl carbamates (subject to hydrolysis) is 1. The van der Waals surface area contributed by atoms with Gasteiger partial charge in [-0.2, -0.15) is 0 Å². The van der Waals surface area contributed by atoms with Crippen molar-refractivity contribution in [2.75, 3.05) is 6.54 Å². The molecule has 0 spiro atoms. The fraction of sp³-hybridized carbons (Fsp3) is 0.923. The van der Waals surface area contributed by atoms with Gasteiger partial charge in [-0.25, -0.2) is 4.79 Å². The van der Waals surface area contributed by atoms with E-state index in [-0.39, 0.29) is 12.2 Å². The van der Waals surface area contributed by atoms with Crippen LogP contribution in [0.3, 0.4) is 0 Å². The summed E-state index contributed by atoms with van der Waals surface area (Å²) in [7, 11) is 0. The molecule has 1 aliphatic carbocycles. The predicted octanol–water partition coefficient (Wildman–Crippen LogP) is 3.34. The van der Waals surface area contributed by atoms with E-state index in [0.717, 1.165) is 24.8 Å². The third-order valence-electron chi connectivity index (χ3n) is 3.30. The maximum absolute atomic E-state index is 11.2. The van der Waals surface area contributed by atoms with Crippen LogP contribution in [0, 0.1) is 11.8 Å². The van der Waals surface area contributed by atoms with Crippen molar-refractivity contribution in [3.05, 3.63) is 0 Å². The van der Waals surface area contributed by atoms with Crippen molar-refractivity contribution in [1.29, 1.82) is 0 Å². The molecule has 1 amide bonds. The first-order valence-electron chi connectivity index (χ1n) is 6.52. The van der Waals surface area contributed by atoms with Crippen LogP contribution in [0.15, 0.2) is 0 Å². The average molecular weight is 227 g/mol. The fourth-order valence-corrected chi connectivity index (χ4v) is 2.25. The van der Waals surface area contributed by atoms with Gasteiger partial charge in [0, 0.05) is 6.54 Å². The normalized spacial score (nSPS) is 25.5. The third-order valence-corrected chi connectivity index (χ3v) is 3.30. The average Bonchev–Trinajstić information content (AvgIpc) is 2.20. The van der Waals surface area contributed by atoms with Gasteiger partial charge in [-0.15, -0.1) is 0 Å². The first-order chi connectivity index (χ1) is 7.58. The molecule has 16 heavy (non-hydrogen) atoms. The Labute approximate surface area is 98.9 Å². The molecule has 94 valence electrons. The van der Waals surface area contributed by atoms with Crippen molar-refractivity contribution < 1.29 is 9.53 Å². The van der Waals surface area contributed by atoms with Crippen LogP contribution in [0.25, 0.3) is 0 Å². The van der Waals surface area contributed by atoms with Crippen molar-refractivity contribution >= 4 is 6.09 Å². The number of ether oxygens (including phenoxy) is 1. The molecule has 0 aliphatic heterocycles. The van der Waals surface area contributed by atoms with Gasteiger partial charge < -0.3 is 10.1 Å². The standard InChI is InChI=1S/C13H25NO2/c1-10(2)16-13(15)14-9-8-12-6-4-11(3)5-7-12/h10-12H,4-9H2,1-3H3,(H,14,15). The number of carbonyl (C=O) groups excluding carboxylic acids is 1. The molecule has 0 aromatic heterocycles. The predicted molar refractivity (Wildman–Crippen MR) is 65.4 cm³/mol. The van der Waals surface area contributed by atoms with Crippen molar-refractivity contribution in [1.82, 2.24) is 5.32 Å². The molecular formula is C13H25NO2. The molecule has 1 aliphatic rings. The zero-order chi connectivity index (χ0) is 12.0. The lowest BCUT2D eigenvalue weighted by atomic mass is 9.81. The quantitative estimate of drug-likeness (QED) is 0.800. The first-order valence-corrected chi connectivity index (χ1v) is 6.52. The molecule has 1 rings (SSSR count). The van der Waals surface area contributed by atoms with E-state index in [9.17, 15) is 4.79 Å². The summed E-state index contributed by atoms with van der Waals surface area (Å²) in [5.74, 6) is 1.70. The molecule has 0 aromatic rings. The summed E-state index contributed by atoms with van der Waals surface area (Å²) in [6, 6.07) is 0. The summed E-state index contributed by atoms with van der Waals surface area (Å²) in [4.78, 5) is 11.2. The summed E-state index contributed by atoms with van der Waals surface area (Å²) in [5.41, 5.74) is 0. The van der Waals surface area contributed by atoms with Gasteiger partial charge in [0.25, 0.3) is 0 Å². The van der Waals surface area contributed by atoms with E-state index in [2.05, 4.69) is 12.2 Å². The van der Waals surface area contributed by atoms with Crippen molar-refractivity contribution in [2.24, 2.45) is 11.8 Å². The van der Waals surface area contributed by atoms with Gasteiger partial charge in [-0.05, 0) is 32.1 Å². The lowest BCUT2D eigenvalue weighted by molar-refractivity contribution is 0.115. The van der Waals surface area contributed by atoms with Gasteiger partial charge in [0.1, 0.15) is 0 Å². The second kappa shape index (κ2) is 6.77. The van der Waals surface area contributed by atoms with Crippen molar-refractivity contribution in [3.63, 3.8) is 0 Å². The zero-order valence-electron chi connectivity index (χ0n) is 10.8. The van der Waals surface area contributed by atoms with Crippen molar-refractivity contribution in [2.45, 2.75) is 59.0 Å². The number of nitrogens with one attached hydrogen (secondary N) is 1.